The van der Waals surface area contributed by atoms with Crippen LogP contribution in [0.5, 0.6) is 0 Å². The van der Waals surface area contributed by atoms with Gasteiger partial charge in [-0.15, -0.1) is 0 Å². The molecule has 0 saturated heterocycles. The zero-order valence-corrected chi connectivity index (χ0v) is 6.70. The molecule has 2 unspecified atom stereocenters. The average molecular weight is 150 g/mol. The van der Waals surface area contributed by atoms with Gasteiger partial charge in [-0.3, -0.25) is 4.21 Å². The predicted octanol–water partition coefficient (Wildman–Crippen LogP) is 0.415. The molecule has 0 rings (SSSR count). The third-order valence-corrected chi connectivity index (χ3v) is 1.85. The van der Waals surface area contributed by atoms with Crippen molar-refractivity contribution in [2.75, 3.05) is 0 Å². The van der Waals surface area contributed by atoms with E-state index in [4.69, 9.17) is 0 Å². The molecule has 0 amide bonds. The Hall–Kier alpha value is 0.0700. The highest BCUT2D eigenvalue weighted by atomic mass is 32.2. The molecule has 0 radical (unpaired) electrons. The molecular weight excluding hydrogens is 138 g/mol. The fraction of sp³-hybridized carbons (Fsp3) is 1.00. The lowest BCUT2D eigenvalue weighted by molar-refractivity contribution is 0.457. The van der Waals surface area contributed by atoms with Crippen LogP contribution in [0, 0.1) is 5.92 Å². The quantitative estimate of drug-likeness (QED) is 0.592. The number of nitrogens with one attached hydrogen (secondary N) is 1. The van der Waals surface area contributed by atoms with Gasteiger partial charge in [0.2, 0.25) is 0 Å². The van der Waals surface area contributed by atoms with Gasteiger partial charge in [-0.1, -0.05) is 13.8 Å². The molecular formula is C5H12NO2S-. The topological polar surface area (TPSA) is 52.2 Å². The van der Waals surface area contributed by atoms with Gasteiger partial charge in [0.1, 0.15) is 0 Å². The molecule has 3 nitrogen and oxygen atoms in total. The van der Waals surface area contributed by atoms with E-state index in [9.17, 15) is 8.76 Å². The standard InChI is InChI=1S/C5H13NO2S/c1-4(2)5(3)6-9(7)8/h4-6H,1-3H3,(H,7,8)/p-1. The molecule has 0 saturated carbocycles. The predicted molar refractivity (Wildman–Crippen MR) is 36.4 cm³/mol. The Labute approximate surface area is 58.3 Å². The van der Waals surface area contributed by atoms with Crippen LogP contribution in [-0.2, 0) is 11.3 Å². The molecule has 56 valence electrons. The first-order valence-electron chi connectivity index (χ1n) is 2.89. The zero-order valence-electron chi connectivity index (χ0n) is 5.88. The molecule has 0 aromatic rings. The van der Waals surface area contributed by atoms with Crippen molar-refractivity contribution in [3.8, 4) is 0 Å². The van der Waals surface area contributed by atoms with Crippen LogP contribution in [0.15, 0.2) is 0 Å². The van der Waals surface area contributed by atoms with Crippen LogP contribution in [0.25, 0.3) is 0 Å². The monoisotopic (exact) mass is 150 g/mol. The number of hydrogen-bond donors (Lipinski definition) is 1. The third kappa shape index (κ3) is 4.57. The maximum Gasteiger partial charge on any atom is 0.0183 e. The molecule has 9 heavy (non-hydrogen) atoms. The Morgan fingerprint density at radius 1 is 1.44 bits per heavy atom. The van der Waals surface area contributed by atoms with Gasteiger partial charge in [-0.2, -0.15) is 0 Å². The zero-order chi connectivity index (χ0) is 7.44. The fourth-order valence-corrected chi connectivity index (χ4v) is 0.864. The summed E-state index contributed by atoms with van der Waals surface area (Å²) < 4.78 is 22.4. The molecule has 1 N–H and O–H groups in total. The number of rotatable bonds is 3. The molecule has 0 aromatic carbocycles. The van der Waals surface area contributed by atoms with Crippen LogP contribution in [0.4, 0.5) is 0 Å². The van der Waals surface area contributed by atoms with Gasteiger partial charge in [0.25, 0.3) is 0 Å². The first-order chi connectivity index (χ1) is 4.04. The highest BCUT2D eigenvalue weighted by Gasteiger charge is 2.04. The van der Waals surface area contributed by atoms with Crippen molar-refractivity contribution in [2.24, 2.45) is 5.92 Å². The highest BCUT2D eigenvalue weighted by molar-refractivity contribution is 7.77. The molecule has 4 heteroatoms. The molecule has 0 fully saturated rings. The van der Waals surface area contributed by atoms with Gasteiger partial charge < -0.3 is 4.55 Å². The lowest BCUT2D eigenvalue weighted by atomic mass is 10.1. The summed E-state index contributed by atoms with van der Waals surface area (Å²) in [6.07, 6.45) is 0. The first kappa shape index (κ1) is 9.07. The van der Waals surface area contributed by atoms with Crippen LogP contribution in [0.2, 0.25) is 0 Å². The highest BCUT2D eigenvalue weighted by Crippen LogP contribution is 1.98. The Bertz CT molecular complexity index is 105. The lowest BCUT2D eigenvalue weighted by Crippen LogP contribution is -2.31. The Morgan fingerprint density at radius 2 is 1.89 bits per heavy atom. The molecule has 0 aromatic heterocycles. The van der Waals surface area contributed by atoms with E-state index in [0.29, 0.717) is 5.92 Å². The van der Waals surface area contributed by atoms with E-state index in [2.05, 4.69) is 4.72 Å². The van der Waals surface area contributed by atoms with E-state index < -0.39 is 11.3 Å². The van der Waals surface area contributed by atoms with Crippen LogP contribution < -0.4 is 4.72 Å². The van der Waals surface area contributed by atoms with Crippen molar-refractivity contribution < 1.29 is 8.76 Å². The smallest absolute Gasteiger partial charge is 0.0183 e. The van der Waals surface area contributed by atoms with E-state index in [1.807, 2.05) is 20.8 Å². The average Bonchev–Trinajstić information content (AvgIpc) is 1.63. The van der Waals surface area contributed by atoms with Gasteiger partial charge in [0.05, 0.1) is 0 Å². The minimum absolute atomic E-state index is 0.0309. The fourth-order valence-electron chi connectivity index (χ4n) is 0.288. The van der Waals surface area contributed by atoms with Crippen molar-refractivity contribution in [1.82, 2.24) is 4.72 Å². The maximum atomic E-state index is 10.0. The Balaban J connectivity index is 3.50. The van der Waals surface area contributed by atoms with Gasteiger partial charge in [0.15, 0.2) is 0 Å². The summed E-state index contributed by atoms with van der Waals surface area (Å²) >= 11 is -2.12. The van der Waals surface area contributed by atoms with Crippen molar-refractivity contribution in [3.63, 3.8) is 0 Å². The van der Waals surface area contributed by atoms with Gasteiger partial charge in [-0.25, -0.2) is 4.72 Å². The summed E-state index contributed by atoms with van der Waals surface area (Å²) in [7, 11) is 0. The van der Waals surface area contributed by atoms with E-state index in [1.54, 1.807) is 0 Å². The van der Waals surface area contributed by atoms with Crippen molar-refractivity contribution in [2.45, 2.75) is 26.8 Å². The van der Waals surface area contributed by atoms with E-state index >= 15 is 0 Å². The second kappa shape index (κ2) is 3.98. The second-order valence-corrected chi connectivity index (χ2v) is 3.09. The summed E-state index contributed by atoms with van der Waals surface area (Å²) in [4.78, 5) is 0. The van der Waals surface area contributed by atoms with Crippen LogP contribution in [0.1, 0.15) is 20.8 Å². The summed E-state index contributed by atoms with van der Waals surface area (Å²) in [6, 6.07) is 0.0309. The first-order valence-corrected chi connectivity index (χ1v) is 3.97. The van der Waals surface area contributed by atoms with E-state index in [-0.39, 0.29) is 6.04 Å². The minimum Gasteiger partial charge on any atom is -0.760 e. The van der Waals surface area contributed by atoms with Gasteiger partial charge in [0, 0.05) is 17.3 Å². The second-order valence-electron chi connectivity index (χ2n) is 2.39. The van der Waals surface area contributed by atoms with Gasteiger partial charge in [-0.05, 0) is 12.8 Å². The van der Waals surface area contributed by atoms with Crippen LogP contribution >= 0.6 is 0 Å². The van der Waals surface area contributed by atoms with E-state index in [1.165, 1.54) is 0 Å². The molecule has 0 aliphatic heterocycles. The summed E-state index contributed by atoms with van der Waals surface area (Å²) in [5.74, 6) is 0.350. The van der Waals surface area contributed by atoms with Crippen molar-refractivity contribution in [3.05, 3.63) is 0 Å². The molecule has 0 bridgehead atoms. The molecule has 0 aliphatic carbocycles. The minimum atomic E-state index is -2.12. The molecule has 0 aliphatic rings. The lowest BCUT2D eigenvalue weighted by Gasteiger charge is -2.18. The molecule has 0 heterocycles. The van der Waals surface area contributed by atoms with Crippen molar-refractivity contribution >= 4 is 11.3 Å². The Morgan fingerprint density at radius 3 is 2.00 bits per heavy atom. The molecule has 2 atom stereocenters. The molecule has 0 spiro atoms. The SMILES string of the molecule is CC(C)C(C)NS(=O)[O-]. The summed E-state index contributed by atoms with van der Waals surface area (Å²) in [6.45, 7) is 5.76. The van der Waals surface area contributed by atoms with Crippen LogP contribution in [-0.4, -0.2) is 14.8 Å². The van der Waals surface area contributed by atoms with E-state index in [0.717, 1.165) is 0 Å². The number of hydrogen-bond acceptors (Lipinski definition) is 2. The van der Waals surface area contributed by atoms with Crippen molar-refractivity contribution in [1.29, 1.82) is 0 Å². The largest absolute Gasteiger partial charge is 0.760 e. The van der Waals surface area contributed by atoms with Gasteiger partial charge >= 0.3 is 0 Å². The summed E-state index contributed by atoms with van der Waals surface area (Å²) in [5.41, 5.74) is 0. The maximum absolute atomic E-state index is 10.0. The third-order valence-electron chi connectivity index (χ3n) is 1.28. The normalized spacial score (nSPS) is 17.9. The Kier molecular flexibility index (Phi) is 4.01. The summed E-state index contributed by atoms with van der Waals surface area (Å²) in [5, 5.41) is 0. The van der Waals surface area contributed by atoms with Crippen LogP contribution in [0.3, 0.4) is 0 Å².